The van der Waals surface area contributed by atoms with E-state index in [1.165, 1.54) is 6.07 Å². The van der Waals surface area contributed by atoms with Crippen molar-refractivity contribution in [1.82, 2.24) is 10.2 Å². The summed E-state index contributed by atoms with van der Waals surface area (Å²) in [6, 6.07) is 12.4. The van der Waals surface area contributed by atoms with Crippen molar-refractivity contribution in [1.29, 1.82) is 5.26 Å². The van der Waals surface area contributed by atoms with E-state index >= 15 is 0 Å². The molecular weight excluding hydrogens is 329 g/mol. The van der Waals surface area contributed by atoms with Gasteiger partial charge in [0.25, 0.3) is 5.91 Å². The Morgan fingerprint density at radius 3 is 2.50 bits per heavy atom. The lowest BCUT2D eigenvalue weighted by molar-refractivity contribution is 0.0941. The molecule has 1 amide bonds. The number of nitriles is 1. The van der Waals surface area contributed by atoms with Gasteiger partial charge >= 0.3 is 0 Å². The summed E-state index contributed by atoms with van der Waals surface area (Å²) < 4.78 is 14.1. The molecule has 0 aliphatic heterocycles. The van der Waals surface area contributed by atoms with E-state index in [1.54, 1.807) is 55.4 Å². The first-order chi connectivity index (χ1) is 11.4. The van der Waals surface area contributed by atoms with Gasteiger partial charge in [-0.25, -0.2) is 4.39 Å². The smallest absolute Gasteiger partial charge is 0.251 e. The highest BCUT2D eigenvalue weighted by atomic mass is 35.5. The van der Waals surface area contributed by atoms with Gasteiger partial charge in [-0.3, -0.25) is 4.79 Å². The lowest BCUT2D eigenvalue weighted by atomic mass is 10.0. The second-order valence-corrected chi connectivity index (χ2v) is 5.92. The molecule has 1 unspecified atom stereocenters. The molecule has 0 radical (unpaired) electrons. The van der Waals surface area contributed by atoms with Crippen LogP contribution in [0.25, 0.3) is 0 Å². The molecule has 0 aromatic heterocycles. The molecule has 6 heteroatoms. The van der Waals surface area contributed by atoms with Crippen LogP contribution in [0.4, 0.5) is 4.39 Å². The molecule has 2 aromatic carbocycles. The lowest BCUT2D eigenvalue weighted by Crippen LogP contribution is -2.35. The summed E-state index contributed by atoms with van der Waals surface area (Å²) in [5, 5.41) is 11.9. The summed E-state index contributed by atoms with van der Waals surface area (Å²) in [4.78, 5) is 14.0. The van der Waals surface area contributed by atoms with Crippen LogP contribution < -0.4 is 5.32 Å². The molecule has 2 aromatic rings. The average molecular weight is 346 g/mol. The summed E-state index contributed by atoms with van der Waals surface area (Å²) in [5.74, 6) is -0.701. The Morgan fingerprint density at radius 2 is 1.96 bits per heavy atom. The normalized spacial score (nSPS) is 11.8. The van der Waals surface area contributed by atoms with Gasteiger partial charge in [0, 0.05) is 22.7 Å². The number of nitrogens with one attached hydrogen (secondary N) is 1. The fourth-order valence-electron chi connectivity index (χ4n) is 2.36. The van der Waals surface area contributed by atoms with E-state index in [2.05, 4.69) is 5.32 Å². The zero-order valence-corrected chi connectivity index (χ0v) is 14.1. The van der Waals surface area contributed by atoms with Gasteiger partial charge in [0.2, 0.25) is 0 Å². The molecule has 0 spiro atoms. The van der Waals surface area contributed by atoms with Crippen molar-refractivity contribution in [2.24, 2.45) is 0 Å². The Hall–Kier alpha value is -2.42. The zero-order valence-electron chi connectivity index (χ0n) is 13.4. The molecule has 0 heterocycles. The quantitative estimate of drug-likeness (QED) is 0.903. The number of hydrogen-bond donors (Lipinski definition) is 1. The van der Waals surface area contributed by atoms with Crippen LogP contribution in [-0.4, -0.2) is 31.4 Å². The summed E-state index contributed by atoms with van der Waals surface area (Å²) in [7, 11) is 3.59. The van der Waals surface area contributed by atoms with Crippen LogP contribution >= 0.6 is 11.6 Å². The van der Waals surface area contributed by atoms with Crippen LogP contribution in [0.2, 0.25) is 5.02 Å². The molecule has 0 aliphatic carbocycles. The molecular formula is C18H17ClFN3O. The molecule has 24 heavy (non-hydrogen) atoms. The largest absolute Gasteiger partial charge is 0.350 e. The van der Waals surface area contributed by atoms with Crippen molar-refractivity contribution < 1.29 is 9.18 Å². The molecule has 1 N–H and O–H groups in total. The molecule has 1 atom stereocenters. The molecule has 4 nitrogen and oxygen atoms in total. The van der Waals surface area contributed by atoms with Crippen LogP contribution in [0, 0.1) is 17.1 Å². The van der Waals surface area contributed by atoms with Crippen molar-refractivity contribution in [3.8, 4) is 6.07 Å². The van der Waals surface area contributed by atoms with Crippen LogP contribution in [0.5, 0.6) is 0 Å². The predicted octanol–water partition coefficient (Wildman–Crippen LogP) is 3.38. The van der Waals surface area contributed by atoms with Crippen molar-refractivity contribution in [3.63, 3.8) is 0 Å². The maximum atomic E-state index is 14.1. The van der Waals surface area contributed by atoms with E-state index in [4.69, 9.17) is 16.9 Å². The molecule has 2 rings (SSSR count). The van der Waals surface area contributed by atoms with Crippen molar-refractivity contribution in [2.75, 3.05) is 20.6 Å². The minimum Gasteiger partial charge on any atom is -0.350 e. The highest BCUT2D eigenvalue weighted by molar-refractivity contribution is 6.31. The van der Waals surface area contributed by atoms with E-state index in [-0.39, 0.29) is 12.5 Å². The Bertz CT molecular complexity index is 749. The highest BCUT2D eigenvalue weighted by Gasteiger charge is 2.22. The van der Waals surface area contributed by atoms with Gasteiger partial charge in [-0.05, 0) is 50.5 Å². The number of rotatable bonds is 5. The molecule has 0 saturated heterocycles. The third kappa shape index (κ3) is 4.10. The third-order valence-electron chi connectivity index (χ3n) is 3.69. The predicted molar refractivity (Wildman–Crippen MR) is 91.3 cm³/mol. The average Bonchev–Trinajstić information content (AvgIpc) is 2.57. The van der Waals surface area contributed by atoms with Crippen molar-refractivity contribution in [2.45, 2.75) is 6.04 Å². The van der Waals surface area contributed by atoms with Crippen LogP contribution in [0.3, 0.4) is 0 Å². The number of benzene rings is 2. The second-order valence-electron chi connectivity index (χ2n) is 5.51. The minimum absolute atomic E-state index is 0.201. The standard InChI is InChI=1S/C18H17ClFN3O/c1-23(2)16(17-14(19)4-3-5-15(17)20)11-22-18(24)13-8-6-12(10-21)7-9-13/h3-9,16H,11H2,1-2H3,(H,22,24). The number of carbonyl (C=O) groups is 1. The van der Waals surface area contributed by atoms with Crippen molar-refractivity contribution in [3.05, 3.63) is 70.0 Å². The first-order valence-corrected chi connectivity index (χ1v) is 7.70. The number of likely N-dealkylation sites (N-methyl/N-ethyl adjacent to an activating group) is 1. The van der Waals surface area contributed by atoms with Gasteiger partial charge in [-0.1, -0.05) is 17.7 Å². The molecule has 0 fully saturated rings. The summed E-state index contributed by atoms with van der Waals surface area (Å²) >= 11 is 6.12. The maximum Gasteiger partial charge on any atom is 0.251 e. The number of nitrogens with zero attached hydrogens (tertiary/aromatic N) is 2. The fraction of sp³-hybridized carbons (Fsp3) is 0.222. The molecule has 0 saturated carbocycles. The first-order valence-electron chi connectivity index (χ1n) is 7.32. The minimum atomic E-state index is -0.408. The number of amides is 1. The van der Waals surface area contributed by atoms with Crippen molar-refractivity contribution >= 4 is 17.5 Å². The summed E-state index contributed by atoms with van der Waals surface area (Å²) in [6.07, 6.45) is 0. The summed E-state index contributed by atoms with van der Waals surface area (Å²) in [5.41, 5.74) is 1.27. The molecule has 124 valence electrons. The number of hydrogen-bond acceptors (Lipinski definition) is 3. The second kappa shape index (κ2) is 7.91. The van der Waals surface area contributed by atoms with Crippen LogP contribution in [-0.2, 0) is 0 Å². The van der Waals surface area contributed by atoms with Gasteiger partial charge in [-0.15, -0.1) is 0 Å². The van der Waals surface area contributed by atoms with E-state index in [0.717, 1.165) is 0 Å². The maximum absolute atomic E-state index is 14.1. The first kappa shape index (κ1) is 17.9. The van der Waals surface area contributed by atoms with Gasteiger partial charge in [0.15, 0.2) is 0 Å². The Balaban J connectivity index is 2.14. The number of halogens is 2. The zero-order chi connectivity index (χ0) is 17.7. The van der Waals surface area contributed by atoms with Crippen LogP contribution in [0.15, 0.2) is 42.5 Å². The highest BCUT2D eigenvalue weighted by Crippen LogP contribution is 2.28. The van der Waals surface area contributed by atoms with E-state index in [9.17, 15) is 9.18 Å². The molecule has 0 bridgehead atoms. The Morgan fingerprint density at radius 1 is 1.29 bits per heavy atom. The summed E-state index contributed by atoms with van der Waals surface area (Å²) in [6.45, 7) is 0.201. The Kier molecular flexibility index (Phi) is 5.91. The monoisotopic (exact) mass is 345 g/mol. The SMILES string of the molecule is CN(C)C(CNC(=O)c1ccc(C#N)cc1)c1c(F)cccc1Cl. The van der Waals surface area contributed by atoms with Gasteiger partial charge < -0.3 is 10.2 Å². The van der Waals surface area contributed by atoms with E-state index < -0.39 is 11.9 Å². The van der Waals surface area contributed by atoms with Crippen LogP contribution in [0.1, 0.15) is 27.5 Å². The third-order valence-corrected chi connectivity index (χ3v) is 4.02. The molecule has 0 aliphatic rings. The topological polar surface area (TPSA) is 56.1 Å². The van der Waals surface area contributed by atoms with E-state index in [0.29, 0.717) is 21.7 Å². The van der Waals surface area contributed by atoms with E-state index in [1.807, 2.05) is 6.07 Å². The Labute approximate surface area is 145 Å². The number of carbonyl (C=O) groups excluding carboxylic acids is 1. The fourth-order valence-corrected chi connectivity index (χ4v) is 2.65. The van der Waals surface area contributed by atoms with Gasteiger partial charge in [0.05, 0.1) is 17.7 Å². The van der Waals surface area contributed by atoms with Gasteiger partial charge in [-0.2, -0.15) is 5.26 Å². The lowest BCUT2D eigenvalue weighted by Gasteiger charge is -2.26. The van der Waals surface area contributed by atoms with Gasteiger partial charge in [0.1, 0.15) is 5.82 Å².